The van der Waals surface area contributed by atoms with Crippen molar-refractivity contribution in [1.82, 2.24) is 29.7 Å². The first-order chi connectivity index (χ1) is 20.4. The first kappa shape index (κ1) is 26.5. The number of aromatic nitrogens is 4. The van der Waals surface area contributed by atoms with E-state index < -0.39 is 11.6 Å². The SMILES string of the molecule is CN(c1nc(OCC23CCCN2CCC3)nc2c(F)c(-c3nc(N)cc4cccc(F)c34)ncc12)[C@@H]1CCN(C#N)C1. The number of likely N-dealkylation sites (tertiary alicyclic amines) is 1. The molecule has 4 aromatic rings. The highest BCUT2D eigenvalue weighted by Crippen LogP contribution is 2.40. The maximum Gasteiger partial charge on any atom is 0.319 e. The van der Waals surface area contributed by atoms with Gasteiger partial charge in [-0.3, -0.25) is 9.88 Å². The Balaban J connectivity index is 1.36. The monoisotopic (exact) mass is 571 g/mol. The molecule has 1 atom stereocenters. The fourth-order valence-corrected chi connectivity index (χ4v) is 6.96. The minimum absolute atomic E-state index is 0.00269. The Morgan fingerprint density at radius 2 is 1.95 bits per heavy atom. The van der Waals surface area contributed by atoms with Gasteiger partial charge >= 0.3 is 6.01 Å². The number of nitrogens with zero attached hydrogens (tertiary/aromatic N) is 8. The van der Waals surface area contributed by atoms with Gasteiger partial charge in [-0.1, -0.05) is 12.1 Å². The van der Waals surface area contributed by atoms with E-state index in [0.29, 0.717) is 36.3 Å². The lowest BCUT2D eigenvalue weighted by atomic mass is 9.95. The van der Waals surface area contributed by atoms with Gasteiger partial charge in [0.2, 0.25) is 0 Å². The number of anilines is 2. The van der Waals surface area contributed by atoms with Crippen LogP contribution in [0.25, 0.3) is 33.1 Å². The molecule has 0 bridgehead atoms. The van der Waals surface area contributed by atoms with Crippen LogP contribution in [0.4, 0.5) is 20.4 Å². The van der Waals surface area contributed by atoms with Crippen LogP contribution >= 0.6 is 0 Å². The van der Waals surface area contributed by atoms with E-state index in [1.165, 1.54) is 12.3 Å². The molecule has 12 heteroatoms. The largest absolute Gasteiger partial charge is 0.461 e. The van der Waals surface area contributed by atoms with Gasteiger partial charge in [-0.2, -0.15) is 15.2 Å². The molecule has 216 valence electrons. The van der Waals surface area contributed by atoms with Gasteiger partial charge in [0, 0.05) is 31.7 Å². The number of rotatable bonds is 6. The summed E-state index contributed by atoms with van der Waals surface area (Å²) in [5.74, 6) is -0.731. The highest BCUT2D eigenvalue weighted by atomic mass is 19.1. The molecule has 7 rings (SSSR count). The summed E-state index contributed by atoms with van der Waals surface area (Å²) < 4.78 is 37.8. The molecule has 3 fully saturated rings. The number of nitrogens with two attached hydrogens (primary N) is 1. The van der Waals surface area contributed by atoms with Crippen LogP contribution in [0.5, 0.6) is 6.01 Å². The number of halogens is 2. The van der Waals surface area contributed by atoms with Gasteiger partial charge in [0.15, 0.2) is 12.0 Å². The molecule has 0 saturated carbocycles. The van der Waals surface area contributed by atoms with Crippen LogP contribution in [0.3, 0.4) is 0 Å². The van der Waals surface area contributed by atoms with Crippen LogP contribution in [-0.2, 0) is 0 Å². The standard InChI is InChI=1S/C30H31F2N9O/c1-39(19-7-12-40(15-19)17-33)28-20-14-35-27(26-23-18(13-22(34)36-26)5-2-6-21(23)31)24(32)25(20)37-29(38-28)42-16-30-8-3-10-41(30)11-4-9-30/h2,5-6,13-14,19H,3-4,7-12,15-16H2,1H3,(H2,34,36)/t19-/m1/s1. The van der Waals surface area contributed by atoms with Crippen molar-refractivity contribution in [2.75, 3.05) is 50.5 Å². The predicted molar refractivity (Wildman–Crippen MR) is 155 cm³/mol. The average molecular weight is 572 g/mol. The molecular formula is C30H31F2N9O. The number of ether oxygens (including phenoxy) is 1. The van der Waals surface area contributed by atoms with Gasteiger partial charge in [-0.15, -0.1) is 0 Å². The molecule has 10 nitrogen and oxygen atoms in total. The second-order valence-corrected chi connectivity index (χ2v) is 11.6. The number of hydrogen-bond acceptors (Lipinski definition) is 10. The van der Waals surface area contributed by atoms with E-state index in [-0.39, 0.29) is 45.7 Å². The molecule has 3 aromatic heterocycles. The van der Waals surface area contributed by atoms with Gasteiger partial charge in [-0.25, -0.2) is 13.8 Å². The molecular weight excluding hydrogens is 540 g/mol. The molecule has 3 saturated heterocycles. The van der Waals surface area contributed by atoms with E-state index >= 15 is 8.78 Å². The lowest BCUT2D eigenvalue weighted by Crippen LogP contribution is -2.43. The third kappa shape index (κ3) is 4.30. The van der Waals surface area contributed by atoms with Crippen molar-refractivity contribution in [3.63, 3.8) is 0 Å². The highest BCUT2D eigenvalue weighted by molar-refractivity contribution is 5.98. The maximum absolute atomic E-state index is 16.5. The summed E-state index contributed by atoms with van der Waals surface area (Å²) in [4.78, 5) is 24.1. The van der Waals surface area contributed by atoms with Crippen molar-refractivity contribution in [2.24, 2.45) is 0 Å². The first-order valence-electron chi connectivity index (χ1n) is 14.3. The fourth-order valence-electron chi connectivity index (χ4n) is 6.96. The van der Waals surface area contributed by atoms with Crippen LogP contribution < -0.4 is 15.4 Å². The summed E-state index contributed by atoms with van der Waals surface area (Å²) in [7, 11) is 1.87. The van der Waals surface area contributed by atoms with Crippen molar-refractivity contribution in [2.45, 2.75) is 43.7 Å². The number of pyridine rings is 2. The number of benzene rings is 1. The van der Waals surface area contributed by atoms with Gasteiger partial charge in [-0.05, 0) is 62.7 Å². The summed E-state index contributed by atoms with van der Waals surface area (Å²) >= 11 is 0. The molecule has 0 aliphatic carbocycles. The van der Waals surface area contributed by atoms with Crippen LogP contribution in [-0.4, -0.2) is 81.2 Å². The Morgan fingerprint density at radius 3 is 2.71 bits per heavy atom. The number of fused-ring (bicyclic) bond motifs is 3. The molecule has 2 N–H and O–H groups in total. The minimum atomic E-state index is -0.761. The molecule has 0 spiro atoms. The summed E-state index contributed by atoms with van der Waals surface area (Å²) in [6, 6.07) is 6.15. The lowest BCUT2D eigenvalue weighted by Gasteiger charge is -2.31. The smallest absolute Gasteiger partial charge is 0.319 e. The number of likely N-dealkylation sites (N-methyl/N-ethyl adjacent to an activating group) is 1. The molecule has 42 heavy (non-hydrogen) atoms. The maximum atomic E-state index is 16.5. The third-order valence-electron chi connectivity index (χ3n) is 9.16. The zero-order valence-corrected chi connectivity index (χ0v) is 23.4. The number of hydrogen-bond donors (Lipinski definition) is 1. The summed E-state index contributed by atoms with van der Waals surface area (Å²) in [5, 5.41) is 10.4. The molecule has 0 unspecified atom stereocenters. The van der Waals surface area contributed by atoms with Gasteiger partial charge in [0.05, 0.1) is 17.0 Å². The average Bonchev–Trinajstić information content (AvgIpc) is 3.72. The second-order valence-electron chi connectivity index (χ2n) is 11.6. The van der Waals surface area contributed by atoms with Gasteiger partial charge < -0.3 is 20.3 Å². The first-order valence-corrected chi connectivity index (χ1v) is 14.3. The minimum Gasteiger partial charge on any atom is -0.461 e. The Hall–Kier alpha value is -4.37. The molecule has 0 amide bonds. The van der Waals surface area contributed by atoms with E-state index in [1.807, 2.05) is 11.9 Å². The zero-order valence-electron chi connectivity index (χ0n) is 23.4. The van der Waals surface area contributed by atoms with E-state index in [4.69, 9.17) is 15.5 Å². The molecule has 3 aliphatic rings. The van der Waals surface area contributed by atoms with E-state index in [9.17, 15) is 5.26 Å². The van der Waals surface area contributed by atoms with Crippen molar-refractivity contribution in [3.8, 4) is 23.6 Å². The predicted octanol–water partition coefficient (Wildman–Crippen LogP) is 4.10. The Kier molecular flexibility index (Phi) is 6.42. The number of nitrogen functional groups attached to an aromatic ring is 1. The molecule has 6 heterocycles. The van der Waals surface area contributed by atoms with Crippen molar-refractivity contribution < 1.29 is 13.5 Å². The quantitative estimate of drug-likeness (QED) is 0.339. The second kappa shape index (κ2) is 10.2. The van der Waals surface area contributed by atoms with Gasteiger partial charge in [0.25, 0.3) is 0 Å². The highest BCUT2D eigenvalue weighted by Gasteiger charge is 2.45. The fraction of sp³-hybridized carbons (Fsp3) is 0.433. The number of nitriles is 1. The Morgan fingerprint density at radius 1 is 1.14 bits per heavy atom. The van der Waals surface area contributed by atoms with Crippen LogP contribution in [0.2, 0.25) is 0 Å². The Labute approximate surface area is 241 Å². The molecule has 3 aliphatic heterocycles. The lowest BCUT2D eigenvalue weighted by molar-refractivity contribution is 0.108. The third-order valence-corrected chi connectivity index (χ3v) is 9.16. The summed E-state index contributed by atoms with van der Waals surface area (Å²) in [5.41, 5.74) is 5.83. The van der Waals surface area contributed by atoms with E-state index in [0.717, 1.165) is 45.2 Å². The summed E-state index contributed by atoms with van der Waals surface area (Å²) in [6.07, 6.45) is 8.77. The van der Waals surface area contributed by atoms with Crippen LogP contribution in [0.1, 0.15) is 32.1 Å². The van der Waals surface area contributed by atoms with Crippen LogP contribution in [0, 0.1) is 23.1 Å². The summed E-state index contributed by atoms with van der Waals surface area (Å²) in [6.45, 7) is 3.67. The van der Waals surface area contributed by atoms with E-state index in [2.05, 4.69) is 26.0 Å². The molecule has 1 aromatic carbocycles. The van der Waals surface area contributed by atoms with Gasteiger partial charge in [0.1, 0.15) is 41.0 Å². The topological polar surface area (TPSA) is 120 Å². The van der Waals surface area contributed by atoms with Crippen molar-refractivity contribution in [3.05, 3.63) is 42.1 Å². The van der Waals surface area contributed by atoms with Crippen LogP contribution in [0.15, 0.2) is 30.5 Å². The normalized spacial score (nSPS) is 19.9. The zero-order chi connectivity index (χ0) is 29.0. The van der Waals surface area contributed by atoms with Crippen molar-refractivity contribution in [1.29, 1.82) is 5.26 Å². The van der Waals surface area contributed by atoms with E-state index in [1.54, 1.807) is 23.1 Å². The van der Waals surface area contributed by atoms with Crippen molar-refractivity contribution >= 4 is 33.3 Å². The Bertz CT molecular complexity index is 1730. The molecule has 0 radical (unpaired) electrons.